The van der Waals surface area contributed by atoms with Crippen molar-refractivity contribution in [1.29, 1.82) is 0 Å². The molecule has 0 fully saturated rings. The maximum atomic E-state index is 10.7. The van der Waals surface area contributed by atoms with Crippen molar-refractivity contribution in [2.45, 2.75) is 6.92 Å². The Balaban J connectivity index is 2.86. The number of para-hydroxylation sites is 1. The SMILES string of the molecule is Cc1cccc([N+](=O)[O-])c1OCCS(N)(=O)=O. The number of primary sulfonamides is 1. The summed E-state index contributed by atoms with van der Waals surface area (Å²) in [4.78, 5) is 10.1. The number of rotatable bonds is 5. The highest BCUT2D eigenvalue weighted by molar-refractivity contribution is 7.89. The first-order valence-electron chi connectivity index (χ1n) is 4.68. The average molecular weight is 260 g/mol. The Morgan fingerprint density at radius 1 is 1.47 bits per heavy atom. The summed E-state index contributed by atoms with van der Waals surface area (Å²) in [5.74, 6) is -0.320. The fourth-order valence-electron chi connectivity index (χ4n) is 1.23. The number of ether oxygens (including phenoxy) is 1. The summed E-state index contributed by atoms with van der Waals surface area (Å²) in [6.07, 6.45) is 0. The van der Waals surface area contributed by atoms with Gasteiger partial charge in [-0.3, -0.25) is 10.1 Å². The van der Waals surface area contributed by atoms with E-state index >= 15 is 0 Å². The summed E-state index contributed by atoms with van der Waals surface area (Å²) in [5.41, 5.74) is 0.369. The van der Waals surface area contributed by atoms with Gasteiger partial charge in [0, 0.05) is 6.07 Å². The highest BCUT2D eigenvalue weighted by Crippen LogP contribution is 2.30. The van der Waals surface area contributed by atoms with Crippen LogP contribution in [0.25, 0.3) is 0 Å². The van der Waals surface area contributed by atoms with Crippen molar-refractivity contribution in [3.63, 3.8) is 0 Å². The number of nitrogens with zero attached hydrogens (tertiary/aromatic N) is 1. The lowest BCUT2D eigenvalue weighted by Gasteiger charge is -2.08. The molecule has 0 spiro atoms. The van der Waals surface area contributed by atoms with Crippen molar-refractivity contribution in [3.8, 4) is 5.75 Å². The van der Waals surface area contributed by atoms with E-state index < -0.39 is 20.7 Å². The molecule has 17 heavy (non-hydrogen) atoms. The Bertz CT molecular complexity index is 526. The van der Waals surface area contributed by atoms with E-state index in [4.69, 9.17) is 9.88 Å². The minimum atomic E-state index is -3.64. The van der Waals surface area contributed by atoms with Crippen LogP contribution in [0.15, 0.2) is 18.2 Å². The van der Waals surface area contributed by atoms with Gasteiger partial charge in [-0.2, -0.15) is 0 Å². The molecule has 0 unspecified atom stereocenters. The van der Waals surface area contributed by atoms with Gasteiger partial charge in [-0.15, -0.1) is 0 Å². The summed E-state index contributed by atoms with van der Waals surface area (Å²) >= 11 is 0. The molecule has 0 aromatic heterocycles. The highest BCUT2D eigenvalue weighted by atomic mass is 32.2. The van der Waals surface area contributed by atoms with Crippen LogP contribution in [0, 0.1) is 17.0 Å². The van der Waals surface area contributed by atoms with Gasteiger partial charge < -0.3 is 4.74 Å². The predicted octanol–water partition coefficient (Wildman–Crippen LogP) is 0.571. The predicted molar refractivity (Wildman–Crippen MR) is 61.3 cm³/mol. The number of sulfonamides is 1. The van der Waals surface area contributed by atoms with Crippen molar-refractivity contribution >= 4 is 15.7 Å². The number of hydrogen-bond acceptors (Lipinski definition) is 5. The summed E-state index contributed by atoms with van der Waals surface area (Å²) in [5, 5.41) is 15.5. The lowest BCUT2D eigenvalue weighted by Crippen LogP contribution is -2.21. The molecule has 0 heterocycles. The molecular formula is C9H12N2O5S. The standard InChI is InChI=1S/C9H12N2O5S/c1-7-3-2-4-8(11(12)13)9(7)16-5-6-17(10,14)15/h2-4H,5-6H2,1H3,(H2,10,14,15). The molecule has 0 atom stereocenters. The summed E-state index contributed by atoms with van der Waals surface area (Å²) < 4.78 is 26.5. The molecule has 8 heteroatoms. The largest absolute Gasteiger partial charge is 0.485 e. The van der Waals surface area contributed by atoms with Crippen LogP contribution < -0.4 is 9.88 Å². The number of benzene rings is 1. The van der Waals surface area contributed by atoms with Crippen molar-refractivity contribution in [3.05, 3.63) is 33.9 Å². The molecule has 0 aliphatic rings. The molecule has 1 aromatic carbocycles. The van der Waals surface area contributed by atoms with Gasteiger partial charge >= 0.3 is 5.69 Å². The summed E-state index contributed by atoms with van der Waals surface area (Å²) in [6, 6.07) is 4.46. The molecule has 0 aliphatic carbocycles. The van der Waals surface area contributed by atoms with Crippen LogP contribution in [-0.2, 0) is 10.0 Å². The van der Waals surface area contributed by atoms with Gasteiger partial charge in [0.25, 0.3) is 0 Å². The second-order valence-corrected chi connectivity index (χ2v) is 5.13. The molecule has 2 N–H and O–H groups in total. The van der Waals surface area contributed by atoms with Gasteiger partial charge in [-0.1, -0.05) is 12.1 Å². The zero-order valence-corrected chi connectivity index (χ0v) is 9.94. The van der Waals surface area contributed by atoms with Crippen molar-refractivity contribution < 1.29 is 18.1 Å². The Labute approximate surface area is 98.4 Å². The molecule has 0 aliphatic heterocycles. The molecule has 0 saturated carbocycles. The number of nitro groups is 1. The smallest absolute Gasteiger partial charge is 0.311 e. The molecule has 1 aromatic rings. The van der Waals surface area contributed by atoms with E-state index in [1.54, 1.807) is 13.0 Å². The van der Waals surface area contributed by atoms with Crippen molar-refractivity contribution in [2.24, 2.45) is 5.14 Å². The number of nitro benzene ring substituents is 1. The van der Waals surface area contributed by atoms with Gasteiger partial charge in [0.15, 0.2) is 5.75 Å². The fourth-order valence-corrected chi connectivity index (χ4v) is 1.54. The first-order valence-corrected chi connectivity index (χ1v) is 6.40. The van der Waals surface area contributed by atoms with E-state index in [9.17, 15) is 18.5 Å². The minimum absolute atomic E-state index is 0.0705. The molecule has 0 saturated heterocycles. The van der Waals surface area contributed by atoms with Crippen LogP contribution in [0.5, 0.6) is 5.75 Å². The molecule has 94 valence electrons. The van der Waals surface area contributed by atoms with E-state index in [1.807, 2.05) is 0 Å². The van der Waals surface area contributed by atoms with E-state index in [0.717, 1.165) is 0 Å². The van der Waals surface area contributed by atoms with Gasteiger partial charge in [0.2, 0.25) is 10.0 Å². The van der Waals surface area contributed by atoms with Crippen LogP contribution in [-0.4, -0.2) is 25.7 Å². The van der Waals surface area contributed by atoms with Gasteiger partial charge in [-0.25, -0.2) is 13.6 Å². The average Bonchev–Trinajstić information content (AvgIpc) is 2.18. The van der Waals surface area contributed by atoms with Gasteiger partial charge in [0.05, 0.1) is 10.7 Å². The van der Waals surface area contributed by atoms with Crippen LogP contribution in [0.3, 0.4) is 0 Å². The van der Waals surface area contributed by atoms with E-state index in [-0.39, 0.29) is 18.0 Å². The quantitative estimate of drug-likeness (QED) is 0.614. The molecule has 0 amide bonds. The zero-order valence-electron chi connectivity index (χ0n) is 9.12. The summed E-state index contributed by atoms with van der Waals surface area (Å²) in [7, 11) is -3.64. The maximum Gasteiger partial charge on any atom is 0.311 e. The molecule has 7 nitrogen and oxygen atoms in total. The second kappa shape index (κ2) is 5.11. The highest BCUT2D eigenvalue weighted by Gasteiger charge is 2.17. The van der Waals surface area contributed by atoms with Gasteiger partial charge in [0.1, 0.15) is 6.61 Å². The molecular weight excluding hydrogens is 248 g/mol. The number of hydrogen-bond donors (Lipinski definition) is 1. The Morgan fingerprint density at radius 3 is 2.65 bits per heavy atom. The Hall–Kier alpha value is -1.67. The van der Waals surface area contributed by atoms with Crippen LogP contribution in [0.1, 0.15) is 5.56 Å². The lowest BCUT2D eigenvalue weighted by molar-refractivity contribution is -0.385. The lowest BCUT2D eigenvalue weighted by atomic mass is 10.2. The first kappa shape index (κ1) is 13.4. The van der Waals surface area contributed by atoms with Gasteiger partial charge in [-0.05, 0) is 12.5 Å². The molecule has 0 bridgehead atoms. The second-order valence-electron chi connectivity index (χ2n) is 3.40. The third-order valence-electron chi connectivity index (χ3n) is 2.00. The number of nitrogens with two attached hydrogens (primary N) is 1. The summed E-state index contributed by atoms with van der Waals surface area (Å²) in [6.45, 7) is 1.42. The Kier molecular flexibility index (Phi) is 4.02. The van der Waals surface area contributed by atoms with E-state index in [0.29, 0.717) is 5.56 Å². The maximum absolute atomic E-state index is 10.7. The topological polar surface area (TPSA) is 113 Å². The molecule has 0 radical (unpaired) electrons. The Morgan fingerprint density at radius 2 is 2.12 bits per heavy atom. The number of aryl methyl sites for hydroxylation is 1. The van der Waals surface area contributed by atoms with E-state index in [1.165, 1.54) is 12.1 Å². The third-order valence-corrected chi connectivity index (χ3v) is 2.74. The first-order chi connectivity index (χ1) is 7.81. The normalized spacial score (nSPS) is 11.2. The monoisotopic (exact) mass is 260 g/mol. The fraction of sp³-hybridized carbons (Fsp3) is 0.333. The van der Waals surface area contributed by atoms with Crippen LogP contribution >= 0.6 is 0 Å². The zero-order chi connectivity index (χ0) is 13.1. The van der Waals surface area contributed by atoms with E-state index in [2.05, 4.69) is 0 Å². The van der Waals surface area contributed by atoms with Crippen LogP contribution in [0.2, 0.25) is 0 Å². The van der Waals surface area contributed by atoms with Crippen molar-refractivity contribution in [2.75, 3.05) is 12.4 Å². The van der Waals surface area contributed by atoms with Crippen molar-refractivity contribution in [1.82, 2.24) is 0 Å². The van der Waals surface area contributed by atoms with Crippen LogP contribution in [0.4, 0.5) is 5.69 Å². The minimum Gasteiger partial charge on any atom is -0.485 e. The third kappa shape index (κ3) is 4.00. The molecule has 1 rings (SSSR count).